The van der Waals surface area contributed by atoms with Crippen LogP contribution in [0, 0.1) is 11.8 Å². The van der Waals surface area contributed by atoms with Crippen molar-refractivity contribution in [3.63, 3.8) is 0 Å². The molecule has 0 amide bonds. The van der Waals surface area contributed by atoms with Crippen LogP contribution in [0.4, 0.5) is 0 Å². The normalized spacial score (nSPS) is 9.50. The van der Waals surface area contributed by atoms with E-state index in [2.05, 4.69) is 70.9 Å². The molecule has 0 unspecified atom stereocenters. The zero-order valence-electron chi connectivity index (χ0n) is 10.4. The van der Waals surface area contributed by atoms with Gasteiger partial charge in [0.15, 0.2) is 0 Å². The Morgan fingerprint density at radius 2 is 1.56 bits per heavy atom. The van der Waals surface area contributed by atoms with Crippen LogP contribution in [-0.2, 0) is 0 Å². The van der Waals surface area contributed by atoms with Gasteiger partial charge in [0.25, 0.3) is 0 Å². The summed E-state index contributed by atoms with van der Waals surface area (Å²) in [6.07, 6.45) is 9.96. The number of rotatable bonds is 7. The third kappa shape index (κ3) is 9.95. The summed E-state index contributed by atoms with van der Waals surface area (Å²) in [5.41, 5.74) is 1.35. The molecule has 0 bridgehead atoms. The molecule has 0 atom stereocenters. The molecule has 0 spiro atoms. The highest BCUT2D eigenvalue weighted by molar-refractivity contribution is 14.2. The molecular formula is C14H22I2. The van der Waals surface area contributed by atoms with E-state index in [9.17, 15) is 0 Å². The first-order chi connectivity index (χ1) is 7.72. The number of halogens is 2. The predicted octanol–water partition coefficient (Wildman–Crippen LogP) is 6.23. The lowest BCUT2D eigenvalue weighted by Crippen LogP contribution is -1.82. The highest BCUT2D eigenvalue weighted by atomic mass is 127. The number of hydrogen-bond donors (Lipinski definition) is 0. The van der Waals surface area contributed by atoms with Crippen LogP contribution in [-0.4, -0.2) is 0 Å². The predicted molar refractivity (Wildman–Crippen MR) is 91.1 cm³/mol. The van der Waals surface area contributed by atoms with E-state index in [1.807, 2.05) is 0 Å². The fourth-order valence-electron chi connectivity index (χ4n) is 1.39. The number of allylic oxidation sites excluding steroid dienone is 1. The monoisotopic (exact) mass is 444 g/mol. The van der Waals surface area contributed by atoms with E-state index in [-0.39, 0.29) is 0 Å². The lowest BCUT2D eigenvalue weighted by Gasteiger charge is -1.99. The van der Waals surface area contributed by atoms with Crippen LogP contribution in [0.5, 0.6) is 0 Å². The van der Waals surface area contributed by atoms with Gasteiger partial charge in [0.1, 0.15) is 0 Å². The Bertz CT molecular complexity index is 252. The Kier molecular flexibility index (Phi) is 12.8. The van der Waals surface area contributed by atoms with Gasteiger partial charge in [-0.15, -0.1) is 0 Å². The molecule has 0 radical (unpaired) electrons. The second-order valence-corrected chi connectivity index (χ2v) is 8.18. The molecule has 0 aromatic heterocycles. The molecule has 0 aromatic carbocycles. The molecule has 92 valence electrons. The maximum Gasteiger partial charge on any atom is 0.0629 e. The molecule has 0 aliphatic rings. The van der Waals surface area contributed by atoms with Crippen molar-refractivity contribution in [1.29, 1.82) is 0 Å². The highest BCUT2D eigenvalue weighted by Crippen LogP contribution is 2.24. The van der Waals surface area contributed by atoms with Gasteiger partial charge in [-0.05, 0) is 64.4 Å². The molecular weight excluding hydrogens is 422 g/mol. The molecule has 0 nitrogen and oxygen atoms in total. The molecule has 16 heavy (non-hydrogen) atoms. The van der Waals surface area contributed by atoms with Gasteiger partial charge in [-0.1, -0.05) is 51.4 Å². The fraction of sp³-hybridized carbons (Fsp3) is 0.714. The maximum atomic E-state index is 3.35. The van der Waals surface area contributed by atoms with E-state index in [1.165, 1.54) is 45.7 Å². The van der Waals surface area contributed by atoms with Gasteiger partial charge in [0, 0.05) is 12.0 Å². The zero-order valence-corrected chi connectivity index (χ0v) is 14.7. The Labute approximate surface area is 128 Å². The Morgan fingerprint density at radius 3 is 2.12 bits per heavy atom. The Morgan fingerprint density at radius 1 is 0.938 bits per heavy atom. The molecule has 0 aliphatic heterocycles. The number of hydrogen-bond acceptors (Lipinski definition) is 0. The van der Waals surface area contributed by atoms with E-state index in [0.717, 1.165) is 12.8 Å². The van der Waals surface area contributed by atoms with E-state index >= 15 is 0 Å². The second kappa shape index (κ2) is 12.2. The molecule has 0 saturated carbocycles. The van der Waals surface area contributed by atoms with Gasteiger partial charge in [0.05, 0.1) is 1.59 Å². The van der Waals surface area contributed by atoms with Crippen LogP contribution in [0.25, 0.3) is 0 Å². The van der Waals surface area contributed by atoms with Gasteiger partial charge in [-0.2, -0.15) is 0 Å². The summed E-state index contributed by atoms with van der Waals surface area (Å²) in [5, 5.41) is 0. The van der Waals surface area contributed by atoms with Crippen molar-refractivity contribution in [3.8, 4) is 11.8 Å². The topological polar surface area (TPSA) is 0 Å². The minimum absolute atomic E-state index is 1.06. The molecule has 0 fully saturated rings. The average molecular weight is 444 g/mol. The summed E-state index contributed by atoms with van der Waals surface area (Å²) in [6, 6.07) is 0. The lowest BCUT2D eigenvalue weighted by molar-refractivity contribution is 0.721. The van der Waals surface area contributed by atoms with Crippen molar-refractivity contribution in [2.45, 2.75) is 65.2 Å². The minimum Gasteiger partial charge on any atom is -0.0982 e. The summed E-state index contributed by atoms with van der Waals surface area (Å²) in [7, 11) is 0. The van der Waals surface area contributed by atoms with E-state index in [0.29, 0.717) is 0 Å². The molecule has 0 aliphatic carbocycles. The van der Waals surface area contributed by atoms with Crippen molar-refractivity contribution >= 4 is 45.2 Å². The van der Waals surface area contributed by atoms with Crippen LogP contribution >= 0.6 is 45.2 Å². The number of unbranched alkanes of at least 4 members (excludes halogenated alkanes) is 5. The molecule has 2 heteroatoms. The average Bonchev–Trinajstić information content (AvgIpc) is 2.26. The van der Waals surface area contributed by atoms with Gasteiger partial charge < -0.3 is 0 Å². The second-order valence-electron chi connectivity index (χ2n) is 3.95. The molecule has 0 heterocycles. The van der Waals surface area contributed by atoms with Crippen molar-refractivity contribution in [1.82, 2.24) is 0 Å². The lowest BCUT2D eigenvalue weighted by atomic mass is 10.1. The first-order valence-electron chi connectivity index (χ1n) is 6.25. The van der Waals surface area contributed by atoms with E-state index in [1.54, 1.807) is 0 Å². The Hall–Kier alpha value is 0.760. The van der Waals surface area contributed by atoms with E-state index in [4.69, 9.17) is 0 Å². The van der Waals surface area contributed by atoms with Crippen LogP contribution in [0.3, 0.4) is 0 Å². The standard InChI is InChI=1S/C14H22I2/c1-3-5-7-8-10-12-13(14(15)16)11-9-6-4-2/h3-9,11H2,1-2H3. The zero-order chi connectivity index (χ0) is 12.2. The SMILES string of the molecule is CCCCCC#CC(CCCCC)=C(I)I. The minimum atomic E-state index is 1.06. The smallest absolute Gasteiger partial charge is 0.0629 e. The van der Waals surface area contributed by atoms with Gasteiger partial charge in [0.2, 0.25) is 0 Å². The summed E-state index contributed by atoms with van der Waals surface area (Å²) < 4.78 is 1.34. The van der Waals surface area contributed by atoms with Gasteiger partial charge in [-0.3, -0.25) is 0 Å². The summed E-state index contributed by atoms with van der Waals surface area (Å²) in [4.78, 5) is 0. The largest absolute Gasteiger partial charge is 0.0982 e. The quantitative estimate of drug-likeness (QED) is 0.248. The van der Waals surface area contributed by atoms with Crippen LogP contribution in [0.2, 0.25) is 0 Å². The van der Waals surface area contributed by atoms with Crippen molar-refractivity contribution < 1.29 is 0 Å². The molecule has 0 saturated heterocycles. The third-order valence-corrected chi connectivity index (χ3v) is 3.71. The summed E-state index contributed by atoms with van der Waals surface area (Å²) >= 11 is 4.78. The molecule has 0 rings (SSSR count). The van der Waals surface area contributed by atoms with Crippen molar-refractivity contribution in [2.75, 3.05) is 0 Å². The molecule has 0 aromatic rings. The fourth-order valence-corrected chi connectivity index (χ4v) is 2.20. The highest BCUT2D eigenvalue weighted by Gasteiger charge is 1.98. The van der Waals surface area contributed by atoms with Gasteiger partial charge >= 0.3 is 0 Å². The van der Waals surface area contributed by atoms with Crippen LogP contribution in [0.15, 0.2) is 7.16 Å². The maximum absolute atomic E-state index is 3.35. The van der Waals surface area contributed by atoms with Crippen LogP contribution in [0.1, 0.15) is 65.2 Å². The first kappa shape index (κ1) is 16.8. The first-order valence-corrected chi connectivity index (χ1v) is 8.41. The third-order valence-electron chi connectivity index (χ3n) is 2.40. The van der Waals surface area contributed by atoms with Crippen molar-refractivity contribution in [2.24, 2.45) is 0 Å². The summed E-state index contributed by atoms with van der Waals surface area (Å²) in [5.74, 6) is 6.66. The summed E-state index contributed by atoms with van der Waals surface area (Å²) in [6.45, 7) is 4.48. The van der Waals surface area contributed by atoms with E-state index < -0.39 is 0 Å². The molecule has 0 N–H and O–H groups in total. The van der Waals surface area contributed by atoms with Crippen LogP contribution < -0.4 is 0 Å². The Balaban J connectivity index is 3.99. The van der Waals surface area contributed by atoms with Crippen molar-refractivity contribution in [3.05, 3.63) is 7.16 Å². The van der Waals surface area contributed by atoms with Gasteiger partial charge in [-0.25, -0.2) is 0 Å².